The molecule has 0 radical (unpaired) electrons. The molecule has 12 nitrogen and oxygen atoms in total. The van der Waals surface area contributed by atoms with Crippen molar-refractivity contribution < 1.29 is 32.6 Å². The summed E-state index contributed by atoms with van der Waals surface area (Å²) in [5.41, 5.74) is 2.30. The van der Waals surface area contributed by atoms with Crippen molar-refractivity contribution in [1.29, 1.82) is 0 Å². The summed E-state index contributed by atoms with van der Waals surface area (Å²) in [7, 11) is -2.55. The van der Waals surface area contributed by atoms with Crippen molar-refractivity contribution in [2.24, 2.45) is 11.8 Å². The molecule has 0 bridgehead atoms. The topological polar surface area (TPSA) is 149 Å². The SMILES string of the molecule is COc1ccc(S(=O)(=O)N(CC(C)C)C[C@@H](O)[C@H](Cc2ccccc2)NC(=O)[C@H](C(C)C)N2CC(=O)N(Cc3ccnc4ccccc34)C2=O)cc1. The zero-order chi connectivity index (χ0) is 37.6. The van der Waals surface area contributed by atoms with E-state index in [9.17, 15) is 27.9 Å². The molecule has 1 aliphatic rings. The number of amides is 4. The van der Waals surface area contributed by atoms with Gasteiger partial charge in [-0.25, -0.2) is 13.2 Å². The molecule has 1 aliphatic heterocycles. The van der Waals surface area contributed by atoms with Gasteiger partial charge in [0.1, 0.15) is 18.3 Å². The van der Waals surface area contributed by atoms with Gasteiger partial charge < -0.3 is 20.1 Å². The van der Waals surface area contributed by atoms with Crippen molar-refractivity contribution in [3.63, 3.8) is 0 Å². The van der Waals surface area contributed by atoms with Crippen molar-refractivity contribution in [2.45, 2.75) is 63.7 Å². The van der Waals surface area contributed by atoms with Gasteiger partial charge in [0.2, 0.25) is 15.9 Å². The molecule has 5 rings (SSSR count). The van der Waals surface area contributed by atoms with Gasteiger partial charge in [0.05, 0.1) is 36.2 Å². The quantitative estimate of drug-likeness (QED) is 0.161. The highest BCUT2D eigenvalue weighted by molar-refractivity contribution is 7.89. The van der Waals surface area contributed by atoms with Gasteiger partial charge in [-0.1, -0.05) is 76.2 Å². The summed E-state index contributed by atoms with van der Waals surface area (Å²) in [6.07, 6.45) is 0.481. The number of benzene rings is 3. The molecule has 3 aromatic carbocycles. The monoisotopic (exact) mass is 729 g/mol. The molecule has 1 saturated heterocycles. The number of ether oxygens (including phenoxy) is 1. The summed E-state index contributed by atoms with van der Waals surface area (Å²) in [6, 6.07) is 21.9. The van der Waals surface area contributed by atoms with E-state index in [1.807, 2.05) is 68.4 Å². The third-order valence-corrected chi connectivity index (χ3v) is 11.0. The van der Waals surface area contributed by atoms with Crippen LogP contribution in [-0.4, -0.2) is 95.4 Å². The molecule has 2 heterocycles. The molecule has 0 spiro atoms. The minimum atomic E-state index is -4.05. The van der Waals surface area contributed by atoms with Gasteiger partial charge in [0, 0.05) is 24.7 Å². The zero-order valence-electron chi connectivity index (χ0n) is 30.2. The first-order chi connectivity index (χ1) is 24.8. The Morgan fingerprint density at radius 2 is 1.62 bits per heavy atom. The number of hydrogen-bond donors (Lipinski definition) is 2. The maximum absolute atomic E-state index is 14.2. The number of hydrogen-bond acceptors (Lipinski definition) is 8. The lowest BCUT2D eigenvalue weighted by Crippen LogP contribution is -2.57. The molecular formula is C39H47N5O7S. The second-order valence-corrected chi connectivity index (χ2v) is 15.8. The third-order valence-electron chi connectivity index (χ3n) is 9.13. The molecule has 13 heteroatoms. The molecule has 52 heavy (non-hydrogen) atoms. The average molecular weight is 730 g/mol. The van der Waals surface area contributed by atoms with Crippen molar-refractivity contribution in [3.05, 3.63) is 102 Å². The molecule has 1 fully saturated rings. The summed E-state index contributed by atoms with van der Waals surface area (Å²) in [4.78, 5) is 48.2. The highest BCUT2D eigenvalue weighted by atomic mass is 32.2. The lowest BCUT2D eigenvalue weighted by molar-refractivity contribution is -0.129. The molecule has 0 unspecified atom stereocenters. The number of pyridine rings is 1. The number of carbonyl (C=O) groups excluding carboxylic acids is 3. The van der Waals surface area contributed by atoms with E-state index in [-0.39, 0.29) is 43.4 Å². The Morgan fingerprint density at radius 1 is 0.942 bits per heavy atom. The predicted octanol–water partition coefficient (Wildman–Crippen LogP) is 4.47. The Balaban J connectivity index is 1.39. The summed E-state index contributed by atoms with van der Waals surface area (Å²) in [5.74, 6) is -0.952. The largest absolute Gasteiger partial charge is 0.497 e. The van der Waals surface area contributed by atoms with Gasteiger partial charge in [0.25, 0.3) is 5.91 Å². The maximum Gasteiger partial charge on any atom is 0.328 e. The number of aliphatic hydroxyl groups excluding tert-OH is 1. The zero-order valence-corrected chi connectivity index (χ0v) is 31.0. The number of urea groups is 1. The number of rotatable bonds is 16. The number of imide groups is 1. The van der Waals surface area contributed by atoms with Crippen molar-refractivity contribution >= 4 is 38.8 Å². The van der Waals surface area contributed by atoms with Crippen LogP contribution in [0.15, 0.2) is 96.0 Å². The van der Waals surface area contributed by atoms with Gasteiger partial charge in [-0.05, 0) is 65.8 Å². The van der Waals surface area contributed by atoms with Crippen LogP contribution >= 0.6 is 0 Å². The van der Waals surface area contributed by atoms with Crippen molar-refractivity contribution in [2.75, 3.05) is 26.7 Å². The van der Waals surface area contributed by atoms with E-state index >= 15 is 0 Å². The van der Waals surface area contributed by atoms with E-state index in [1.165, 1.54) is 28.4 Å². The molecule has 3 atom stereocenters. The lowest BCUT2D eigenvalue weighted by Gasteiger charge is -2.34. The lowest BCUT2D eigenvalue weighted by atomic mass is 9.97. The Bertz CT molecular complexity index is 1970. The van der Waals surface area contributed by atoms with Crippen LogP contribution in [0.5, 0.6) is 5.75 Å². The molecule has 0 saturated carbocycles. The summed E-state index contributed by atoms with van der Waals surface area (Å²) in [6.45, 7) is 6.90. The number of sulfonamides is 1. The molecule has 1 aromatic heterocycles. The first kappa shape index (κ1) is 38.4. The van der Waals surface area contributed by atoms with E-state index in [2.05, 4.69) is 10.3 Å². The van der Waals surface area contributed by atoms with E-state index in [1.54, 1.807) is 38.2 Å². The molecule has 276 valence electrons. The fourth-order valence-corrected chi connectivity index (χ4v) is 8.15. The van der Waals surface area contributed by atoms with E-state index in [4.69, 9.17) is 4.74 Å². The highest BCUT2D eigenvalue weighted by Crippen LogP contribution is 2.26. The number of para-hydroxylation sites is 1. The van der Waals surface area contributed by atoms with Crippen LogP contribution in [0.1, 0.15) is 38.8 Å². The second kappa shape index (κ2) is 16.7. The van der Waals surface area contributed by atoms with Crippen LogP contribution in [-0.2, 0) is 32.6 Å². The van der Waals surface area contributed by atoms with E-state index in [0.717, 1.165) is 26.9 Å². The van der Waals surface area contributed by atoms with Gasteiger partial charge in [0.15, 0.2) is 0 Å². The van der Waals surface area contributed by atoms with Crippen molar-refractivity contribution in [1.82, 2.24) is 24.4 Å². The van der Waals surface area contributed by atoms with Crippen LogP contribution < -0.4 is 10.1 Å². The Kier molecular flexibility index (Phi) is 12.3. The molecular weight excluding hydrogens is 683 g/mol. The number of nitrogens with one attached hydrogen (secondary N) is 1. The standard InChI is InChI=1S/C39H47N5O7S/c1-26(2)22-42(52(49,50)31-17-15-30(51-5)16-18-31)24-35(45)34(21-28-11-7-6-8-12-28)41-38(47)37(27(3)4)44-25-36(46)43(39(44)48)23-29-19-20-40-33-14-10-9-13-32(29)33/h6-20,26-27,34-35,37,45H,21-25H2,1-5H3,(H,41,47)/t34-,35+,37-/m0/s1. The number of methoxy groups -OCH3 is 1. The second-order valence-electron chi connectivity index (χ2n) is 13.8. The average Bonchev–Trinajstić information content (AvgIpc) is 3.39. The Hall–Kier alpha value is -4.85. The Labute approximate surface area is 305 Å². The van der Waals surface area contributed by atoms with Crippen LogP contribution in [0.25, 0.3) is 10.9 Å². The number of aromatic nitrogens is 1. The maximum atomic E-state index is 14.2. The van der Waals surface area contributed by atoms with Crippen LogP contribution in [0.4, 0.5) is 4.79 Å². The minimum absolute atomic E-state index is 0.0212. The smallest absolute Gasteiger partial charge is 0.328 e. The number of aliphatic hydroxyl groups is 1. The van der Waals surface area contributed by atoms with Crippen LogP contribution in [0, 0.1) is 11.8 Å². The van der Waals surface area contributed by atoms with Gasteiger partial charge in [-0.3, -0.25) is 19.5 Å². The predicted molar refractivity (Wildman–Crippen MR) is 198 cm³/mol. The van der Waals surface area contributed by atoms with Crippen LogP contribution in [0.3, 0.4) is 0 Å². The van der Waals surface area contributed by atoms with Gasteiger partial charge in [-0.2, -0.15) is 4.31 Å². The fourth-order valence-electron chi connectivity index (χ4n) is 6.53. The Morgan fingerprint density at radius 3 is 2.27 bits per heavy atom. The highest BCUT2D eigenvalue weighted by Gasteiger charge is 2.44. The number of carbonyl (C=O) groups is 3. The van der Waals surface area contributed by atoms with E-state index in [0.29, 0.717) is 5.75 Å². The van der Waals surface area contributed by atoms with Gasteiger partial charge >= 0.3 is 6.03 Å². The number of nitrogens with zero attached hydrogens (tertiary/aromatic N) is 4. The summed E-state index contributed by atoms with van der Waals surface area (Å²) >= 11 is 0. The molecule has 2 N–H and O–H groups in total. The first-order valence-corrected chi connectivity index (χ1v) is 18.8. The van der Waals surface area contributed by atoms with Gasteiger partial charge in [-0.15, -0.1) is 0 Å². The van der Waals surface area contributed by atoms with Crippen molar-refractivity contribution in [3.8, 4) is 5.75 Å². The summed E-state index contributed by atoms with van der Waals surface area (Å²) < 4.78 is 34.2. The number of fused-ring (bicyclic) bond motifs is 1. The summed E-state index contributed by atoms with van der Waals surface area (Å²) in [5, 5.41) is 15.6. The third kappa shape index (κ3) is 8.77. The molecule has 4 amide bonds. The van der Waals surface area contributed by atoms with E-state index < -0.39 is 52.0 Å². The fraction of sp³-hybridized carbons (Fsp3) is 0.385. The normalized spacial score (nSPS) is 15.5. The molecule has 4 aromatic rings. The minimum Gasteiger partial charge on any atom is -0.497 e. The van der Waals surface area contributed by atoms with Crippen LogP contribution in [0.2, 0.25) is 0 Å². The first-order valence-electron chi connectivity index (χ1n) is 17.4. The molecule has 0 aliphatic carbocycles.